The average molecular weight is 384 g/mol. The second-order valence-corrected chi connectivity index (χ2v) is 8.69. The Morgan fingerprint density at radius 2 is 2.00 bits per heavy atom. The second-order valence-electron chi connectivity index (χ2n) is 8.29. The number of hydrogen-bond donors (Lipinski definition) is 2. The number of nitrogens with zero attached hydrogens (tertiary/aromatic N) is 1. The first-order valence-electron chi connectivity index (χ1n) is 9.43. The predicted molar refractivity (Wildman–Crippen MR) is 112 cm³/mol. The van der Waals surface area contributed by atoms with Crippen LogP contribution in [-0.2, 0) is 15.7 Å². The van der Waals surface area contributed by atoms with Gasteiger partial charge in [-0.2, -0.15) is 0 Å². The van der Waals surface area contributed by atoms with Gasteiger partial charge in [-0.1, -0.05) is 29.8 Å². The molecule has 0 saturated carbocycles. The van der Waals surface area contributed by atoms with Gasteiger partial charge < -0.3 is 15.5 Å². The summed E-state index contributed by atoms with van der Waals surface area (Å²) in [5.74, 6) is 0.133. The molecule has 2 N–H and O–H groups in total. The summed E-state index contributed by atoms with van der Waals surface area (Å²) in [5.41, 5.74) is 4.67. The molecule has 2 aliphatic heterocycles. The molecule has 27 heavy (non-hydrogen) atoms. The Balaban J connectivity index is 1.76. The lowest BCUT2D eigenvalue weighted by atomic mass is 9.84. The number of carbonyl (C=O) groups is 1. The Kier molecular flexibility index (Phi) is 4.24. The van der Waals surface area contributed by atoms with Gasteiger partial charge in [0.05, 0.1) is 11.0 Å². The lowest BCUT2D eigenvalue weighted by Gasteiger charge is -2.34. The lowest BCUT2D eigenvalue weighted by molar-refractivity contribution is -0.121. The third-order valence-corrected chi connectivity index (χ3v) is 6.43. The van der Waals surface area contributed by atoms with Gasteiger partial charge in [-0.25, -0.2) is 0 Å². The van der Waals surface area contributed by atoms with Crippen LogP contribution in [0.15, 0.2) is 36.4 Å². The maximum Gasteiger partial charge on any atom is 0.236 e. The molecule has 4 rings (SSSR count). The van der Waals surface area contributed by atoms with Gasteiger partial charge in [-0.15, -0.1) is 0 Å². The maximum atomic E-state index is 12.6. The fourth-order valence-corrected chi connectivity index (χ4v) is 5.05. The minimum atomic E-state index is -0.478. The van der Waals surface area contributed by atoms with E-state index in [4.69, 9.17) is 11.6 Å². The van der Waals surface area contributed by atoms with Crippen molar-refractivity contribution >= 4 is 28.9 Å². The summed E-state index contributed by atoms with van der Waals surface area (Å²) in [6.07, 6.45) is 0.953. The van der Waals surface area contributed by atoms with E-state index < -0.39 is 5.41 Å². The van der Waals surface area contributed by atoms with E-state index in [2.05, 4.69) is 41.8 Å². The molecule has 1 amide bonds. The van der Waals surface area contributed by atoms with Gasteiger partial charge in [0.2, 0.25) is 5.91 Å². The highest BCUT2D eigenvalue weighted by atomic mass is 35.5. The van der Waals surface area contributed by atoms with Crippen LogP contribution in [-0.4, -0.2) is 26.0 Å². The van der Waals surface area contributed by atoms with E-state index in [0.29, 0.717) is 0 Å². The van der Waals surface area contributed by atoms with E-state index in [-0.39, 0.29) is 11.4 Å². The quantitative estimate of drug-likeness (QED) is 0.834. The SMILES string of the molecule is Cc1cccc(Cl)c1[C@]1(Nc2ccc3c(c2)N(C)C(=O)C3(C)C)CCNC1. The summed E-state index contributed by atoms with van der Waals surface area (Å²) >= 11 is 6.62. The van der Waals surface area contributed by atoms with E-state index in [0.717, 1.165) is 47.0 Å². The van der Waals surface area contributed by atoms with Crippen LogP contribution >= 0.6 is 11.6 Å². The van der Waals surface area contributed by atoms with Crippen LogP contribution in [0.4, 0.5) is 11.4 Å². The molecule has 1 fully saturated rings. The summed E-state index contributed by atoms with van der Waals surface area (Å²) in [6, 6.07) is 12.3. The maximum absolute atomic E-state index is 12.6. The Hall–Kier alpha value is -2.04. The smallest absolute Gasteiger partial charge is 0.236 e. The monoisotopic (exact) mass is 383 g/mol. The van der Waals surface area contributed by atoms with Crippen molar-refractivity contribution in [2.24, 2.45) is 0 Å². The molecular formula is C22H26ClN3O. The average Bonchev–Trinajstić information content (AvgIpc) is 3.14. The Bertz CT molecular complexity index is 896. The van der Waals surface area contributed by atoms with Gasteiger partial charge in [0.15, 0.2) is 0 Å². The first-order chi connectivity index (χ1) is 12.8. The summed E-state index contributed by atoms with van der Waals surface area (Å²) < 4.78 is 0. The largest absolute Gasteiger partial charge is 0.374 e. The molecule has 0 aliphatic carbocycles. The van der Waals surface area contributed by atoms with Crippen LogP contribution in [0.1, 0.15) is 37.0 Å². The zero-order valence-corrected chi connectivity index (χ0v) is 17.1. The Labute approximate surface area is 165 Å². The molecule has 0 unspecified atom stereocenters. The van der Waals surface area contributed by atoms with Gasteiger partial charge in [-0.05, 0) is 63.1 Å². The van der Waals surface area contributed by atoms with Crippen LogP contribution in [0, 0.1) is 6.92 Å². The zero-order valence-electron chi connectivity index (χ0n) is 16.3. The summed E-state index contributed by atoms with van der Waals surface area (Å²) in [5, 5.41) is 8.03. The Morgan fingerprint density at radius 1 is 1.22 bits per heavy atom. The molecule has 5 heteroatoms. The number of likely N-dealkylation sites (N-methyl/N-ethyl adjacent to an activating group) is 1. The van der Waals surface area contributed by atoms with E-state index in [9.17, 15) is 4.79 Å². The van der Waals surface area contributed by atoms with Gasteiger partial charge in [0.1, 0.15) is 0 Å². The van der Waals surface area contributed by atoms with Crippen LogP contribution < -0.4 is 15.5 Å². The zero-order chi connectivity index (χ0) is 19.4. The molecule has 0 radical (unpaired) electrons. The van der Waals surface area contributed by atoms with Crippen LogP contribution in [0.5, 0.6) is 0 Å². The second kappa shape index (κ2) is 6.25. The molecule has 0 bridgehead atoms. The van der Waals surface area contributed by atoms with E-state index in [1.165, 1.54) is 5.56 Å². The topological polar surface area (TPSA) is 44.4 Å². The highest BCUT2D eigenvalue weighted by molar-refractivity contribution is 6.31. The minimum Gasteiger partial charge on any atom is -0.374 e. The number of halogens is 1. The molecule has 2 aromatic rings. The first-order valence-corrected chi connectivity index (χ1v) is 9.81. The van der Waals surface area contributed by atoms with Gasteiger partial charge in [-0.3, -0.25) is 4.79 Å². The number of rotatable bonds is 3. The summed E-state index contributed by atoms with van der Waals surface area (Å²) in [7, 11) is 1.85. The van der Waals surface area contributed by atoms with Crippen molar-refractivity contribution in [3.63, 3.8) is 0 Å². The number of carbonyl (C=O) groups excluding carboxylic acids is 1. The number of aryl methyl sites for hydroxylation is 1. The van der Waals surface area contributed by atoms with Gasteiger partial charge >= 0.3 is 0 Å². The lowest BCUT2D eigenvalue weighted by Crippen LogP contribution is -2.38. The van der Waals surface area contributed by atoms with Crippen molar-refractivity contribution in [1.29, 1.82) is 0 Å². The third-order valence-electron chi connectivity index (χ3n) is 6.11. The molecule has 0 spiro atoms. The van der Waals surface area contributed by atoms with Crippen molar-refractivity contribution in [3.05, 3.63) is 58.1 Å². The number of anilines is 2. The molecule has 2 aromatic carbocycles. The molecule has 1 saturated heterocycles. The highest BCUT2D eigenvalue weighted by Crippen LogP contribution is 2.44. The van der Waals surface area contributed by atoms with E-state index in [1.54, 1.807) is 4.90 Å². The Morgan fingerprint density at radius 3 is 2.67 bits per heavy atom. The predicted octanol–water partition coefficient (Wildman–Crippen LogP) is 4.20. The molecule has 0 aromatic heterocycles. The van der Waals surface area contributed by atoms with Crippen molar-refractivity contribution in [2.75, 3.05) is 30.4 Å². The van der Waals surface area contributed by atoms with Crippen LogP contribution in [0.2, 0.25) is 5.02 Å². The molecule has 142 valence electrons. The number of hydrogen-bond acceptors (Lipinski definition) is 3. The van der Waals surface area contributed by atoms with Gasteiger partial charge in [0, 0.05) is 35.6 Å². The first kappa shape index (κ1) is 18.3. The standard InChI is InChI=1S/C22H26ClN3O/c1-14-6-5-7-17(23)19(14)22(10-11-24-13-22)25-15-8-9-16-18(12-15)26(4)20(27)21(16,2)3/h5-9,12,24-25H,10-11,13H2,1-4H3/t22-/m0/s1. The van der Waals surface area contributed by atoms with Crippen molar-refractivity contribution in [1.82, 2.24) is 5.32 Å². The fourth-order valence-electron chi connectivity index (χ4n) is 4.65. The molecule has 2 aliphatic rings. The number of fused-ring (bicyclic) bond motifs is 1. The number of nitrogens with one attached hydrogen (secondary N) is 2. The van der Waals surface area contributed by atoms with E-state index >= 15 is 0 Å². The molecule has 1 atom stereocenters. The highest BCUT2D eigenvalue weighted by Gasteiger charge is 2.43. The normalized spacial score (nSPS) is 23.6. The number of amides is 1. The molecule has 4 nitrogen and oxygen atoms in total. The summed E-state index contributed by atoms with van der Waals surface area (Å²) in [4.78, 5) is 14.4. The van der Waals surface area contributed by atoms with Crippen molar-refractivity contribution in [3.8, 4) is 0 Å². The van der Waals surface area contributed by atoms with Crippen molar-refractivity contribution < 1.29 is 4.79 Å². The fraction of sp³-hybridized carbons (Fsp3) is 0.409. The molecule has 2 heterocycles. The minimum absolute atomic E-state index is 0.133. The third kappa shape index (κ3) is 2.74. The van der Waals surface area contributed by atoms with E-state index in [1.807, 2.05) is 33.0 Å². The summed E-state index contributed by atoms with van der Waals surface area (Å²) in [6.45, 7) is 7.84. The molecular weight excluding hydrogens is 358 g/mol. The number of benzene rings is 2. The van der Waals surface area contributed by atoms with Gasteiger partial charge in [0.25, 0.3) is 0 Å². The van der Waals surface area contributed by atoms with Crippen LogP contribution in [0.25, 0.3) is 0 Å². The van der Waals surface area contributed by atoms with Crippen molar-refractivity contribution in [2.45, 2.75) is 38.1 Å². The van der Waals surface area contributed by atoms with Crippen LogP contribution in [0.3, 0.4) is 0 Å².